The number of allylic oxidation sites excluding steroid dienone is 3. The van der Waals surface area contributed by atoms with Crippen molar-refractivity contribution in [2.45, 2.75) is 38.7 Å². The first kappa shape index (κ1) is 21.2. The topological polar surface area (TPSA) is 64.6 Å². The largest absolute Gasteiger partial charge is 0.489 e. The standard InChI is InChI=1S/C25H24ClNO4/c1-15-22(25(29)30-2)23(24-20(27-15)10-5-11-21(24)28)17-7-4-9-19(13-17)31-14-16-6-3-8-18(26)12-16/h3-4,6-9,12-13,23,27H,5,10-11,14H2,1-2H3. The second-order valence-corrected chi connectivity index (χ2v) is 8.18. The van der Waals surface area contributed by atoms with Gasteiger partial charge in [-0.2, -0.15) is 0 Å². The van der Waals surface area contributed by atoms with Gasteiger partial charge in [-0.05, 0) is 55.2 Å². The van der Waals surface area contributed by atoms with Crippen LogP contribution in [0.4, 0.5) is 0 Å². The minimum absolute atomic E-state index is 0.0675. The maximum Gasteiger partial charge on any atom is 0.336 e. The van der Waals surface area contributed by atoms with Crippen molar-refractivity contribution >= 4 is 23.4 Å². The van der Waals surface area contributed by atoms with Gasteiger partial charge in [-0.25, -0.2) is 4.79 Å². The number of hydrogen-bond acceptors (Lipinski definition) is 5. The first-order chi connectivity index (χ1) is 15.0. The molecule has 5 nitrogen and oxygen atoms in total. The molecule has 2 aromatic carbocycles. The van der Waals surface area contributed by atoms with Crippen molar-refractivity contribution in [3.05, 3.63) is 87.2 Å². The summed E-state index contributed by atoms with van der Waals surface area (Å²) in [6.45, 7) is 2.21. The Morgan fingerprint density at radius 3 is 2.74 bits per heavy atom. The van der Waals surface area contributed by atoms with E-state index < -0.39 is 11.9 Å². The zero-order valence-corrected chi connectivity index (χ0v) is 18.3. The van der Waals surface area contributed by atoms with E-state index in [0.717, 1.165) is 35.4 Å². The van der Waals surface area contributed by atoms with Crippen molar-refractivity contribution in [3.8, 4) is 5.75 Å². The average molecular weight is 438 g/mol. The minimum atomic E-state index is -0.480. The molecule has 1 atom stereocenters. The van der Waals surface area contributed by atoms with Crippen LogP contribution in [0.5, 0.6) is 5.75 Å². The molecule has 4 rings (SSSR count). The van der Waals surface area contributed by atoms with Gasteiger partial charge in [0.1, 0.15) is 12.4 Å². The number of rotatable bonds is 5. The Morgan fingerprint density at radius 1 is 1.16 bits per heavy atom. The summed E-state index contributed by atoms with van der Waals surface area (Å²) in [6.07, 6.45) is 2.07. The van der Waals surface area contributed by atoms with Crippen molar-refractivity contribution in [2.75, 3.05) is 7.11 Å². The molecule has 2 aromatic rings. The molecule has 0 aromatic heterocycles. The van der Waals surface area contributed by atoms with Crippen LogP contribution in [0.2, 0.25) is 5.02 Å². The quantitative estimate of drug-likeness (QED) is 0.662. The number of Topliss-reactive ketones (excluding diaryl/α,β-unsaturated/α-hetero) is 1. The Bertz CT molecular complexity index is 1100. The van der Waals surface area contributed by atoms with Gasteiger partial charge in [0.05, 0.1) is 12.7 Å². The zero-order chi connectivity index (χ0) is 22.0. The molecule has 0 saturated heterocycles. The number of ketones is 1. The highest BCUT2D eigenvalue weighted by Crippen LogP contribution is 2.43. The summed E-state index contributed by atoms with van der Waals surface area (Å²) >= 11 is 6.06. The van der Waals surface area contributed by atoms with E-state index in [1.54, 1.807) is 0 Å². The van der Waals surface area contributed by atoms with E-state index in [1.165, 1.54) is 7.11 Å². The summed E-state index contributed by atoms with van der Waals surface area (Å²) in [4.78, 5) is 25.6. The van der Waals surface area contributed by atoms with Crippen molar-refractivity contribution < 1.29 is 19.1 Å². The van der Waals surface area contributed by atoms with Gasteiger partial charge in [0, 0.05) is 34.3 Å². The maximum atomic E-state index is 12.9. The molecule has 0 spiro atoms. The Labute approximate surface area is 186 Å². The number of carbonyl (C=O) groups is 2. The van der Waals surface area contributed by atoms with E-state index >= 15 is 0 Å². The number of nitrogens with one attached hydrogen (secondary N) is 1. The van der Waals surface area contributed by atoms with Crippen LogP contribution in [-0.2, 0) is 20.9 Å². The number of ether oxygens (including phenoxy) is 2. The number of esters is 1. The molecule has 1 N–H and O–H groups in total. The van der Waals surface area contributed by atoms with Crippen molar-refractivity contribution in [1.82, 2.24) is 5.32 Å². The predicted molar refractivity (Wildman–Crippen MR) is 119 cm³/mol. The summed E-state index contributed by atoms with van der Waals surface area (Å²) in [5.41, 5.74) is 4.52. The first-order valence-corrected chi connectivity index (χ1v) is 10.6. The highest BCUT2D eigenvalue weighted by atomic mass is 35.5. The second-order valence-electron chi connectivity index (χ2n) is 7.75. The number of hydrogen-bond donors (Lipinski definition) is 1. The molecule has 31 heavy (non-hydrogen) atoms. The molecule has 0 saturated carbocycles. The van der Waals surface area contributed by atoms with Crippen LogP contribution in [0, 0.1) is 0 Å². The lowest BCUT2D eigenvalue weighted by Gasteiger charge is -2.34. The Morgan fingerprint density at radius 2 is 1.97 bits per heavy atom. The highest BCUT2D eigenvalue weighted by molar-refractivity contribution is 6.30. The molecule has 160 valence electrons. The molecule has 1 heterocycles. The van der Waals surface area contributed by atoms with Gasteiger partial charge in [0.15, 0.2) is 5.78 Å². The normalized spacial score (nSPS) is 18.4. The first-order valence-electron chi connectivity index (χ1n) is 10.3. The molecule has 1 unspecified atom stereocenters. The van der Waals surface area contributed by atoms with E-state index in [-0.39, 0.29) is 5.78 Å². The average Bonchev–Trinajstić information content (AvgIpc) is 2.77. The van der Waals surface area contributed by atoms with Crippen LogP contribution in [-0.4, -0.2) is 18.9 Å². The Hall–Kier alpha value is -3.05. The third kappa shape index (κ3) is 4.37. The third-order valence-electron chi connectivity index (χ3n) is 5.67. The van der Waals surface area contributed by atoms with Gasteiger partial charge in [-0.3, -0.25) is 4.79 Å². The van der Waals surface area contributed by atoms with Crippen LogP contribution in [0.15, 0.2) is 71.1 Å². The summed E-state index contributed by atoms with van der Waals surface area (Å²) < 4.78 is 11.0. The van der Waals surface area contributed by atoms with Crippen LogP contribution in [0.3, 0.4) is 0 Å². The molecule has 0 radical (unpaired) electrons. The van der Waals surface area contributed by atoms with Gasteiger partial charge >= 0.3 is 5.97 Å². The zero-order valence-electron chi connectivity index (χ0n) is 17.5. The van der Waals surface area contributed by atoms with Gasteiger partial charge in [0.2, 0.25) is 0 Å². The predicted octanol–water partition coefficient (Wildman–Crippen LogP) is 5.06. The Balaban J connectivity index is 1.70. The molecule has 6 heteroatoms. The third-order valence-corrected chi connectivity index (χ3v) is 5.90. The highest BCUT2D eigenvalue weighted by Gasteiger charge is 2.38. The lowest BCUT2D eigenvalue weighted by molar-refractivity contribution is -0.136. The summed E-state index contributed by atoms with van der Waals surface area (Å²) in [5, 5.41) is 3.93. The fourth-order valence-electron chi connectivity index (χ4n) is 4.27. The molecule has 0 bridgehead atoms. The Kier molecular flexibility index (Phi) is 6.14. The number of carbonyl (C=O) groups excluding carboxylic acids is 2. The maximum absolute atomic E-state index is 12.9. The van der Waals surface area contributed by atoms with Gasteiger partial charge < -0.3 is 14.8 Å². The molecule has 0 fully saturated rings. The number of halogens is 1. The summed E-state index contributed by atoms with van der Waals surface area (Å²) in [7, 11) is 1.36. The van der Waals surface area contributed by atoms with E-state index in [1.807, 2.05) is 55.5 Å². The van der Waals surface area contributed by atoms with Crippen LogP contribution < -0.4 is 10.1 Å². The number of benzene rings is 2. The fraction of sp³-hybridized carbons (Fsp3) is 0.280. The molecule has 2 aliphatic rings. The summed E-state index contributed by atoms with van der Waals surface area (Å²) in [5.74, 6) is -0.197. The molecule has 0 amide bonds. The summed E-state index contributed by atoms with van der Waals surface area (Å²) in [6, 6.07) is 15.1. The molecule has 1 aliphatic carbocycles. The second kappa shape index (κ2) is 8.98. The van der Waals surface area contributed by atoms with E-state index in [2.05, 4.69) is 5.32 Å². The van der Waals surface area contributed by atoms with Crippen molar-refractivity contribution in [2.24, 2.45) is 0 Å². The number of methoxy groups -OCH3 is 1. The lowest BCUT2D eigenvalue weighted by Crippen LogP contribution is -2.34. The van der Waals surface area contributed by atoms with Crippen LogP contribution >= 0.6 is 11.6 Å². The SMILES string of the molecule is COC(=O)C1=C(C)NC2=C(C(=O)CCC2)C1c1cccc(OCc2cccc(Cl)c2)c1. The molecular formula is C25H24ClNO4. The van der Waals surface area contributed by atoms with Crippen molar-refractivity contribution in [1.29, 1.82) is 0 Å². The molecular weight excluding hydrogens is 414 g/mol. The van der Waals surface area contributed by atoms with Crippen LogP contribution in [0.25, 0.3) is 0 Å². The fourth-order valence-corrected chi connectivity index (χ4v) is 4.49. The molecule has 1 aliphatic heterocycles. The monoisotopic (exact) mass is 437 g/mol. The van der Waals surface area contributed by atoms with Gasteiger partial charge in [-0.1, -0.05) is 35.9 Å². The lowest BCUT2D eigenvalue weighted by atomic mass is 9.75. The van der Waals surface area contributed by atoms with Crippen LogP contribution in [0.1, 0.15) is 43.2 Å². The smallest absolute Gasteiger partial charge is 0.336 e. The van der Waals surface area contributed by atoms with Gasteiger partial charge in [-0.15, -0.1) is 0 Å². The van der Waals surface area contributed by atoms with Gasteiger partial charge in [0.25, 0.3) is 0 Å². The van der Waals surface area contributed by atoms with E-state index in [4.69, 9.17) is 21.1 Å². The van der Waals surface area contributed by atoms with E-state index in [0.29, 0.717) is 34.9 Å². The minimum Gasteiger partial charge on any atom is -0.489 e. The number of dihydropyridines is 1. The van der Waals surface area contributed by atoms with E-state index in [9.17, 15) is 9.59 Å². The van der Waals surface area contributed by atoms with Crippen molar-refractivity contribution in [3.63, 3.8) is 0 Å².